The summed E-state index contributed by atoms with van der Waals surface area (Å²) in [5, 5.41) is 3.67. The van der Waals surface area contributed by atoms with Crippen LogP contribution in [0.4, 0.5) is 0 Å². The lowest BCUT2D eigenvalue weighted by atomic mass is 9.95. The molecule has 0 atom stereocenters. The molecule has 0 spiro atoms. The standard InChI is InChI=1S/C32H67N/c1-4-7-8-9-10-11-12-15-18-21-24-27-30-33-31-28-25-22-19-16-13-14-17-20-23-26-29-32(5-2)6-3/h32-33H,4-31H2,1-3H3. The Morgan fingerprint density at radius 3 is 1.00 bits per heavy atom. The van der Waals surface area contributed by atoms with Gasteiger partial charge in [-0.2, -0.15) is 0 Å². The topological polar surface area (TPSA) is 12.0 Å². The maximum absolute atomic E-state index is 3.67. The van der Waals surface area contributed by atoms with Crippen LogP contribution < -0.4 is 5.32 Å². The van der Waals surface area contributed by atoms with Gasteiger partial charge in [0.05, 0.1) is 0 Å². The van der Waals surface area contributed by atoms with Crippen molar-refractivity contribution in [3.05, 3.63) is 0 Å². The molecule has 0 saturated carbocycles. The molecule has 0 unspecified atom stereocenters. The second kappa shape index (κ2) is 30.0. The zero-order chi connectivity index (χ0) is 24.1. The highest BCUT2D eigenvalue weighted by Crippen LogP contribution is 2.18. The van der Waals surface area contributed by atoms with Crippen molar-refractivity contribution < 1.29 is 0 Å². The van der Waals surface area contributed by atoms with E-state index < -0.39 is 0 Å². The third-order valence-electron chi connectivity index (χ3n) is 7.83. The van der Waals surface area contributed by atoms with E-state index in [0.29, 0.717) is 0 Å². The van der Waals surface area contributed by atoms with Gasteiger partial charge in [0.15, 0.2) is 0 Å². The minimum absolute atomic E-state index is 0.995. The summed E-state index contributed by atoms with van der Waals surface area (Å²) in [7, 11) is 0. The zero-order valence-corrected chi connectivity index (χ0v) is 23.9. The molecule has 1 nitrogen and oxygen atoms in total. The highest BCUT2D eigenvalue weighted by atomic mass is 14.8. The molecule has 0 aromatic carbocycles. The van der Waals surface area contributed by atoms with E-state index in [1.165, 1.54) is 180 Å². The molecule has 0 saturated heterocycles. The van der Waals surface area contributed by atoms with Crippen LogP contribution in [0.1, 0.15) is 188 Å². The van der Waals surface area contributed by atoms with Crippen LogP contribution in [0.25, 0.3) is 0 Å². The quantitative estimate of drug-likeness (QED) is 0.108. The molecule has 1 N–H and O–H groups in total. The van der Waals surface area contributed by atoms with Gasteiger partial charge in [-0.1, -0.05) is 175 Å². The van der Waals surface area contributed by atoms with Gasteiger partial charge in [-0.25, -0.2) is 0 Å². The Labute approximate surface area is 212 Å². The van der Waals surface area contributed by atoms with Gasteiger partial charge < -0.3 is 5.32 Å². The van der Waals surface area contributed by atoms with Crippen LogP contribution in [0.15, 0.2) is 0 Å². The maximum atomic E-state index is 3.67. The van der Waals surface area contributed by atoms with Crippen molar-refractivity contribution in [2.75, 3.05) is 13.1 Å². The molecule has 0 heterocycles. The van der Waals surface area contributed by atoms with Gasteiger partial charge >= 0.3 is 0 Å². The lowest BCUT2D eigenvalue weighted by molar-refractivity contribution is 0.426. The molecule has 33 heavy (non-hydrogen) atoms. The molecule has 200 valence electrons. The van der Waals surface area contributed by atoms with Crippen molar-refractivity contribution in [3.63, 3.8) is 0 Å². The molecule has 0 bridgehead atoms. The van der Waals surface area contributed by atoms with Gasteiger partial charge in [-0.3, -0.25) is 0 Å². The fourth-order valence-corrected chi connectivity index (χ4v) is 5.19. The summed E-state index contributed by atoms with van der Waals surface area (Å²) in [6, 6.07) is 0. The first kappa shape index (κ1) is 33.0. The van der Waals surface area contributed by atoms with Crippen molar-refractivity contribution in [3.8, 4) is 0 Å². The highest BCUT2D eigenvalue weighted by molar-refractivity contribution is 4.56. The first-order chi connectivity index (χ1) is 16.3. The molecular formula is C32H67N. The minimum atomic E-state index is 0.995. The highest BCUT2D eigenvalue weighted by Gasteiger charge is 2.02. The third kappa shape index (κ3) is 28.1. The van der Waals surface area contributed by atoms with Gasteiger partial charge in [0.2, 0.25) is 0 Å². The lowest BCUT2D eigenvalue weighted by Gasteiger charge is -2.11. The van der Waals surface area contributed by atoms with Gasteiger partial charge in [-0.15, -0.1) is 0 Å². The third-order valence-corrected chi connectivity index (χ3v) is 7.83. The lowest BCUT2D eigenvalue weighted by Crippen LogP contribution is -2.16. The van der Waals surface area contributed by atoms with E-state index in [4.69, 9.17) is 0 Å². The van der Waals surface area contributed by atoms with Crippen LogP contribution in [0.2, 0.25) is 0 Å². The number of unbranched alkanes of at least 4 members (excludes halogenated alkanes) is 21. The number of rotatable bonds is 29. The van der Waals surface area contributed by atoms with E-state index >= 15 is 0 Å². The van der Waals surface area contributed by atoms with Crippen molar-refractivity contribution in [2.24, 2.45) is 5.92 Å². The van der Waals surface area contributed by atoms with E-state index in [0.717, 1.165) is 5.92 Å². The Kier molecular flexibility index (Phi) is 30.0. The van der Waals surface area contributed by atoms with Gasteiger partial charge in [0.25, 0.3) is 0 Å². The molecule has 0 fully saturated rings. The Morgan fingerprint density at radius 2 is 0.667 bits per heavy atom. The number of hydrogen-bond donors (Lipinski definition) is 1. The van der Waals surface area contributed by atoms with Crippen LogP contribution in [0.3, 0.4) is 0 Å². The summed E-state index contributed by atoms with van der Waals surface area (Å²) in [6.45, 7) is 9.50. The van der Waals surface area contributed by atoms with E-state index in [9.17, 15) is 0 Å². The van der Waals surface area contributed by atoms with Crippen LogP contribution in [0, 0.1) is 5.92 Å². The van der Waals surface area contributed by atoms with E-state index in [1.807, 2.05) is 0 Å². The molecule has 0 aliphatic rings. The van der Waals surface area contributed by atoms with Crippen molar-refractivity contribution in [2.45, 2.75) is 188 Å². The van der Waals surface area contributed by atoms with Crippen molar-refractivity contribution >= 4 is 0 Å². The fourth-order valence-electron chi connectivity index (χ4n) is 5.19. The second-order valence-electron chi connectivity index (χ2n) is 11.0. The van der Waals surface area contributed by atoms with Crippen LogP contribution >= 0.6 is 0 Å². The van der Waals surface area contributed by atoms with Crippen molar-refractivity contribution in [1.29, 1.82) is 0 Å². The van der Waals surface area contributed by atoms with Crippen LogP contribution in [-0.4, -0.2) is 13.1 Å². The molecule has 0 aromatic rings. The molecule has 0 aliphatic carbocycles. The predicted octanol–water partition coefficient (Wildman–Crippen LogP) is 11.4. The van der Waals surface area contributed by atoms with Crippen LogP contribution in [-0.2, 0) is 0 Å². The number of hydrogen-bond acceptors (Lipinski definition) is 1. The second-order valence-corrected chi connectivity index (χ2v) is 11.0. The summed E-state index contributed by atoms with van der Waals surface area (Å²) in [4.78, 5) is 0. The minimum Gasteiger partial charge on any atom is -0.317 e. The SMILES string of the molecule is CCCCCCCCCCCCCCNCCCCCCCCCCCCCC(CC)CC. The number of nitrogens with one attached hydrogen (secondary N) is 1. The molecule has 0 aromatic heterocycles. The summed E-state index contributed by atoms with van der Waals surface area (Å²) in [5.41, 5.74) is 0. The molecule has 0 aliphatic heterocycles. The summed E-state index contributed by atoms with van der Waals surface area (Å²) < 4.78 is 0. The summed E-state index contributed by atoms with van der Waals surface area (Å²) in [6.07, 6.45) is 37.7. The summed E-state index contributed by atoms with van der Waals surface area (Å²) in [5.74, 6) is 0.995. The Morgan fingerprint density at radius 1 is 0.364 bits per heavy atom. The van der Waals surface area contributed by atoms with Gasteiger partial charge in [-0.05, 0) is 31.8 Å². The van der Waals surface area contributed by atoms with E-state index in [1.54, 1.807) is 0 Å². The fraction of sp³-hybridized carbons (Fsp3) is 1.00. The largest absolute Gasteiger partial charge is 0.317 e. The molecule has 0 amide bonds. The van der Waals surface area contributed by atoms with Crippen LogP contribution in [0.5, 0.6) is 0 Å². The maximum Gasteiger partial charge on any atom is -0.00489 e. The zero-order valence-electron chi connectivity index (χ0n) is 23.9. The Balaban J connectivity index is 3.04. The molecule has 0 radical (unpaired) electrons. The monoisotopic (exact) mass is 466 g/mol. The first-order valence-electron chi connectivity index (χ1n) is 16.1. The first-order valence-corrected chi connectivity index (χ1v) is 16.1. The average molecular weight is 466 g/mol. The molecular weight excluding hydrogens is 398 g/mol. The predicted molar refractivity (Wildman–Crippen MR) is 153 cm³/mol. The Hall–Kier alpha value is -0.0400. The van der Waals surface area contributed by atoms with E-state index in [2.05, 4.69) is 26.1 Å². The van der Waals surface area contributed by atoms with Gasteiger partial charge in [0, 0.05) is 0 Å². The van der Waals surface area contributed by atoms with E-state index in [-0.39, 0.29) is 0 Å². The molecule has 1 heteroatoms. The summed E-state index contributed by atoms with van der Waals surface area (Å²) >= 11 is 0. The Bertz CT molecular complexity index is 322. The average Bonchev–Trinajstić information content (AvgIpc) is 2.83. The van der Waals surface area contributed by atoms with Crippen molar-refractivity contribution in [1.82, 2.24) is 5.32 Å². The molecule has 0 rings (SSSR count). The van der Waals surface area contributed by atoms with Gasteiger partial charge in [0.1, 0.15) is 0 Å². The smallest absolute Gasteiger partial charge is 0.00489 e. The normalized spacial score (nSPS) is 11.6.